The molecule has 0 aliphatic heterocycles. The zero-order chi connectivity index (χ0) is 13.9. The molecule has 0 fully saturated rings. The molecule has 2 heterocycles. The lowest BCUT2D eigenvalue weighted by atomic mass is 10.3. The lowest BCUT2D eigenvalue weighted by Crippen LogP contribution is -2.21. The average molecular weight is 286 g/mol. The van der Waals surface area contributed by atoms with Crippen LogP contribution < -0.4 is 11.4 Å². The van der Waals surface area contributed by atoms with E-state index in [9.17, 15) is 4.79 Å². The van der Waals surface area contributed by atoms with Gasteiger partial charge in [-0.05, 0) is 30.3 Å². The SMILES string of the molecule is Nc1cccc(SCCn2nc3ccccn3c2=O)c1. The lowest BCUT2D eigenvalue weighted by Gasteiger charge is -2.02. The number of nitrogens with two attached hydrogens (primary N) is 1. The van der Waals surface area contributed by atoms with Gasteiger partial charge < -0.3 is 5.73 Å². The molecule has 0 aliphatic carbocycles. The topological polar surface area (TPSA) is 65.3 Å². The fraction of sp³-hybridized carbons (Fsp3) is 0.143. The van der Waals surface area contributed by atoms with Gasteiger partial charge in [-0.3, -0.25) is 4.40 Å². The van der Waals surface area contributed by atoms with Crippen molar-refractivity contribution < 1.29 is 0 Å². The Kier molecular flexibility index (Phi) is 3.47. The Labute approximate surface area is 120 Å². The van der Waals surface area contributed by atoms with Crippen LogP contribution in [0.1, 0.15) is 0 Å². The molecule has 102 valence electrons. The maximum Gasteiger partial charge on any atom is 0.350 e. The minimum absolute atomic E-state index is 0.103. The molecule has 0 radical (unpaired) electrons. The van der Waals surface area contributed by atoms with E-state index in [0.29, 0.717) is 12.2 Å². The molecule has 0 aliphatic rings. The molecule has 0 bridgehead atoms. The number of benzene rings is 1. The number of nitrogen functional groups attached to an aromatic ring is 1. The number of aryl methyl sites for hydroxylation is 1. The van der Waals surface area contributed by atoms with E-state index >= 15 is 0 Å². The number of hydrogen-bond acceptors (Lipinski definition) is 4. The van der Waals surface area contributed by atoms with Crippen LogP contribution in [0.4, 0.5) is 5.69 Å². The van der Waals surface area contributed by atoms with E-state index in [4.69, 9.17) is 5.73 Å². The molecule has 3 rings (SSSR count). The first-order chi connectivity index (χ1) is 9.74. The van der Waals surface area contributed by atoms with Crippen LogP contribution >= 0.6 is 11.8 Å². The predicted octanol–water partition coefficient (Wildman–Crippen LogP) is 1.87. The first-order valence-corrected chi connectivity index (χ1v) is 7.25. The Morgan fingerprint density at radius 1 is 1.20 bits per heavy atom. The summed E-state index contributed by atoms with van der Waals surface area (Å²) in [6, 6.07) is 13.2. The minimum atomic E-state index is -0.103. The van der Waals surface area contributed by atoms with Gasteiger partial charge >= 0.3 is 5.69 Å². The molecular formula is C14H14N4OS. The van der Waals surface area contributed by atoms with Crippen LogP contribution in [0.5, 0.6) is 0 Å². The van der Waals surface area contributed by atoms with Crippen LogP contribution in [-0.4, -0.2) is 19.9 Å². The van der Waals surface area contributed by atoms with E-state index in [-0.39, 0.29) is 5.69 Å². The predicted molar refractivity (Wildman–Crippen MR) is 81.0 cm³/mol. The number of fused-ring (bicyclic) bond motifs is 1. The zero-order valence-electron chi connectivity index (χ0n) is 10.8. The molecule has 6 heteroatoms. The number of hydrogen-bond donors (Lipinski definition) is 1. The average Bonchev–Trinajstić information content (AvgIpc) is 2.76. The Balaban J connectivity index is 1.71. The van der Waals surface area contributed by atoms with Crippen LogP contribution in [0.25, 0.3) is 5.65 Å². The van der Waals surface area contributed by atoms with Crippen LogP contribution in [0.15, 0.2) is 58.4 Å². The van der Waals surface area contributed by atoms with Crippen molar-refractivity contribution >= 4 is 23.1 Å². The van der Waals surface area contributed by atoms with Crippen molar-refractivity contribution in [2.24, 2.45) is 0 Å². The first-order valence-electron chi connectivity index (χ1n) is 6.26. The molecule has 2 aromatic heterocycles. The molecule has 0 spiro atoms. The van der Waals surface area contributed by atoms with Gasteiger partial charge in [-0.2, -0.15) is 0 Å². The van der Waals surface area contributed by atoms with Crippen LogP contribution in [0.3, 0.4) is 0 Å². The van der Waals surface area contributed by atoms with Crippen molar-refractivity contribution in [1.82, 2.24) is 14.2 Å². The Morgan fingerprint density at radius 3 is 2.90 bits per heavy atom. The van der Waals surface area contributed by atoms with E-state index in [1.54, 1.807) is 22.4 Å². The summed E-state index contributed by atoms with van der Waals surface area (Å²) in [6.45, 7) is 0.569. The third kappa shape index (κ3) is 2.55. The summed E-state index contributed by atoms with van der Waals surface area (Å²) in [4.78, 5) is 13.2. The summed E-state index contributed by atoms with van der Waals surface area (Å²) in [5.74, 6) is 0.771. The molecule has 0 saturated heterocycles. The number of rotatable bonds is 4. The largest absolute Gasteiger partial charge is 0.399 e. The van der Waals surface area contributed by atoms with Crippen LogP contribution in [0, 0.1) is 0 Å². The molecule has 20 heavy (non-hydrogen) atoms. The fourth-order valence-corrected chi connectivity index (χ4v) is 2.86. The van der Waals surface area contributed by atoms with Gasteiger partial charge in [0.2, 0.25) is 0 Å². The Morgan fingerprint density at radius 2 is 2.10 bits per heavy atom. The zero-order valence-corrected chi connectivity index (χ0v) is 11.6. The van der Waals surface area contributed by atoms with Crippen molar-refractivity contribution in [1.29, 1.82) is 0 Å². The number of aromatic nitrogens is 3. The van der Waals surface area contributed by atoms with Crippen LogP contribution in [0.2, 0.25) is 0 Å². The number of nitrogens with zero attached hydrogens (tertiary/aromatic N) is 3. The minimum Gasteiger partial charge on any atom is -0.399 e. The van der Waals surface area contributed by atoms with Crippen molar-refractivity contribution in [3.05, 3.63) is 59.1 Å². The number of thioether (sulfide) groups is 1. The summed E-state index contributed by atoms with van der Waals surface area (Å²) in [7, 11) is 0. The summed E-state index contributed by atoms with van der Waals surface area (Å²) in [6.07, 6.45) is 1.73. The van der Waals surface area contributed by atoms with Crippen molar-refractivity contribution in [3.63, 3.8) is 0 Å². The Hall–Kier alpha value is -2.21. The van der Waals surface area contributed by atoms with E-state index in [2.05, 4.69) is 5.10 Å². The van der Waals surface area contributed by atoms with Gasteiger partial charge in [0.05, 0.1) is 6.54 Å². The quantitative estimate of drug-likeness (QED) is 0.587. The third-order valence-corrected chi connectivity index (χ3v) is 3.89. The summed E-state index contributed by atoms with van der Waals surface area (Å²) in [5.41, 5.74) is 7.05. The monoisotopic (exact) mass is 286 g/mol. The summed E-state index contributed by atoms with van der Waals surface area (Å²) < 4.78 is 3.04. The molecule has 0 atom stereocenters. The molecule has 0 saturated carbocycles. The van der Waals surface area contributed by atoms with Gasteiger partial charge in [0.25, 0.3) is 0 Å². The molecular weight excluding hydrogens is 272 g/mol. The van der Waals surface area contributed by atoms with Gasteiger partial charge in [-0.25, -0.2) is 9.48 Å². The normalized spacial score (nSPS) is 11.0. The first kappa shape index (κ1) is 12.8. The second-order valence-electron chi connectivity index (χ2n) is 4.36. The smallest absolute Gasteiger partial charge is 0.350 e. The second-order valence-corrected chi connectivity index (χ2v) is 5.52. The highest BCUT2D eigenvalue weighted by molar-refractivity contribution is 7.99. The third-order valence-electron chi connectivity index (χ3n) is 2.92. The highest BCUT2D eigenvalue weighted by Crippen LogP contribution is 2.19. The van der Waals surface area contributed by atoms with E-state index < -0.39 is 0 Å². The summed E-state index contributed by atoms with van der Waals surface area (Å²) in [5, 5.41) is 4.29. The highest BCUT2D eigenvalue weighted by atomic mass is 32.2. The van der Waals surface area contributed by atoms with Gasteiger partial charge in [0.15, 0.2) is 5.65 Å². The van der Waals surface area contributed by atoms with Gasteiger partial charge in [-0.15, -0.1) is 16.9 Å². The lowest BCUT2D eigenvalue weighted by molar-refractivity contribution is 0.640. The van der Waals surface area contributed by atoms with E-state index in [0.717, 1.165) is 16.3 Å². The van der Waals surface area contributed by atoms with Crippen molar-refractivity contribution in [3.8, 4) is 0 Å². The van der Waals surface area contributed by atoms with Gasteiger partial charge in [0.1, 0.15) is 0 Å². The number of pyridine rings is 1. The maximum absolute atomic E-state index is 12.1. The molecule has 1 aromatic carbocycles. The fourth-order valence-electron chi connectivity index (χ4n) is 1.97. The van der Waals surface area contributed by atoms with Crippen LogP contribution in [-0.2, 0) is 6.54 Å². The molecule has 0 unspecified atom stereocenters. The summed E-state index contributed by atoms with van der Waals surface area (Å²) >= 11 is 1.66. The van der Waals surface area contributed by atoms with Gasteiger partial charge in [0, 0.05) is 22.5 Å². The van der Waals surface area contributed by atoms with Crippen molar-refractivity contribution in [2.45, 2.75) is 11.4 Å². The van der Waals surface area contributed by atoms with E-state index in [1.165, 1.54) is 4.68 Å². The molecule has 5 nitrogen and oxygen atoms in total. The second kappa shape index (κ2) is 5.42. The van der Waals surface area contributed by atoms with E-state index in [1.807, 2.05) is 42.5 Å². The standard InChI is InChI=1S/C14H14N4OS/c15-11-4-3-5-12(10-11)20-9-8-18-14(19)17-7-2-1-6-13(17)16-18/h1-7,10H,8-9,15H2. The molecule has 0 amide bonds. The number of anilines is 1. The molecule has 2 N–H and O–H groups in total. The molecule has 3 aromatic rings. The Bertz CT molecular complexity index is 793. The highest BCUT2D eigenvalue weighted by Gasteiger charge is 2.05. The van der Waals surface area contributed by atoms with Gasteiger partial charge in [-0.1, -0.05) is 12.1 Å². The van der Waals surface area contributed by atoms with Crippen molar-refractivity contribution in [2.75, 3.05) is 11.5 Å². The maximum atomic E-state index is 12.1.